The van der Waals surface area contributed by atoms with E-state index in [-0.39, 0.29) is 12.2 Å². The molecule has 0 saturated carbocycles. The summed E-state index contributed by atoms with van der Waals surface area (Å²) in [6, 6.07) is 16.9. The van der Waals surface area contributed by atoms with Crippen molar-refractivity contribution in [1.29, 1.82) is 5.26 Å². The van der Waals surface area contributed by atoms with E-state index in [9.17, 15) is 10.1 Å². The molecule has 0 unspecified atom stereocenters. The molecule has 1 aromatic heterocycles. The van der Waals surface area contributed by atoms with Gasteiger partial charge in [-0.05, 0) is 49.8 Å². The number of aromatic nitrogens is 2. The molecule has 7 heteroatoms. The predicted octanol–water partition coefficient (Wildman–Crippen LogP) is 5.84. The average molecular weight is 450 g/mol. The Hall–Kier alpha value is -3.56. The summed E-state index contributed by atoms with van der Waals surface area (Å²) in [5.74, 6) is -0.0706. The second-order valence-corrected chi connectivity index (χ2v) is 7.36. The first kappa shape index (κ1) is 23.1. The topological polar surface area (TPSA) is 77.1 Å². The minimum absolute atomic E-state index is 0.105. The number of unbranched alkanes of at least 4 members (excludes halogenated alkanes) is 1. The molecule has 0 N–H and O–H groups in total. The lowest BCUT2D eigenvalue weighted by Crippen LogP contribution is -2.06. The summed E-state index contributed by atoms with van der Waals surface area (Å²) < 4.78 is 12.4. The fourth-order valence-electron chi connectivity index (χ4n) is 3.02. The molecule has 0 aliphatic carbocycles. The fraction of sp³-hybridized carbons (Fsp3) is 0.240. The van der Waals surface area contributed by atoms with Gasteiger partial charge in [0.05, 0.1) is 23.9 Å². The van der Waals surface area contributed by atoms with E-state index in [1.54, 1.807) is 29.9 Å². The zero-order valence-corrected chi connectivity index (χ0v) is 18.8. The fourth-order valence-corrected chi connectivity index (χ4v) is 3.26. The first-order valence-corrected chi connectivity index (χ1v) is 10.8. The molecule has 0 atom stereocenters. The van der Waals surface area contributed by atoms with E-state index < -0.39 is 5.97 Å². The monoisotopic (exact) mass is 449 g/mol. The van der Waals surface area contributed by atoms with Crippen molar-refractivity contribution in [1.82, 2.24) is 9.78 Å². The maximum absolute atomic E-state index is 12.1. The number of nitriles is 1. The number of ether oxygens (including phenoxy) is 2. The van der Waals surface area contributed by atoms with E-state index in [1.165, 1.54) is 6.08 Å². The van der Waals surface area contributed by atoms with Crippen molar-refractivity contribution in [3.63, 3.8) is 0 Å². The van der Waals surface area contributed by atoms with Crippen LogP contribution in [0.2, 0.25) is 5.02 Å². The Morgan fingerprint density at radius 1 is 1.22 bits per heavy atom. The van der Waals surface area contributed by atoms with Crippen molar-refractivity contribution in [2.45, 2.75) is 26.7 Å². The van der Waals surface area contributed by atoms with E-state index in [2.05, 4.69) is 6.92 Å². The number of nitrogens with zero attached hydrogens (tertiary/aromatic N) is 3. The van der Waals surface area contributed by atoms with Crippen LogP contribution in [0.25, 0.3) is 23.0 Å². The zero-order chi connectivity index (χ0) is 22.9. The summed E-state index contributed by atoms with van der Waals surface area (Å²) in [7, 11) is 0. The molecule has 1 heterocycles. The summed E-state index contributed by atoms with van der Waals surface area (Å²) >= 11 is 6.46. The third-order valence-electron chi connectivity index (χ3n) is 4.64. The average Bonchev–Trinajstić information content (AvgIpc) is 3.23. The summed E-state index contributed by atoms with van der Waals surface area (Å²) in [6.45, 7) is 4.57. The molecular weight excluding hydrogens is 426 g/mol. The van der Waals surface area contributed by atoms with Crippen molar-refractivity contribution in [2.75, 3.05) is 13.2 Å². The van der Waals surface area contributed by atoms with E-state index >= 15 is 0 Å². The van der Waals surface area contributed by atoms with E-state index in [1.807, 2.05) is 42.5 Å². The first-order valence-electron chi connectivity index (χ1n) is 10.4. The van der Waals surface area contributed by atoms with Gasteiger partial charge in [-0.1, -0.05) is 43.1 Å². The second-order valence-electron chi connectivity index (χ2n) is 6.95. The maximum atomic E-state index is 12.1. The number of carbonyl (C=O) groups is 1. The van der Waals surface area contributed by atoms with Gasteiger partial charge in [-0.2, -0.15) is 10.4 Å². The van der Waals surface area contributed by atoms with Gasteiger partial charge in [0.25, 0.3) is 0 Å². The molecular formula is C25H24ClN3O3. The van der Waals surface area contributed by atoms with Gasteiger partial charge in [0, 0.05) is 17.3 Å². The number of halogens is 1. The lowest BCUT2D eigenvalue weighted by atomic mass is 10.1. The molecule has 32 heavy (non-hydrogen) atoms. The van der Waals surface area contributed by atoms with E-state index in [4.69, 9.17) is 26.2 Å². The van der Waals surface area contributed by atoms with Gasteiger partial charge in [-0.3, -0.25) is 0 Å². The zero-order valence-electron chi connectivity index (χ0n) is 18.0. The van der Waals surface area contributed by atoms with Gasteiger partial charge in [0.2, 0.25) is 0 Å². The minimum atomic E-state index is -0.675. The molecule has 6 nitrogen and oxygen atoms in total. The third-order valence-corrected chi connectivity index (χ3v) is 4.94. The smallest absolute Gasteiger partial charge is 0.348 e. The van der Waals surface area contributed by atoms with Crippen LogP contribution in [0.5, 0.6) is 5.75 Å². The number of carbonyl (C=O) groups excluding carboxylic acids is 1. The molecule has 3 aromatic rings. The molecule has 2 aromatic carbocycles. The van der Waals surface area contributed by atoms with Crippen LogP contribution < -0.4 is 4.74 Å². The molecule has 0 radical (unpaired) electrons. The van der Waals surface area contributed by atoms with Crippen LogP contribution in [0.1, 0.15) is 32.3 Å². The van der Waals surface area contributed by atoms with Gasteiger partial charge in [0.15, 0.2) is 0 Å². The SMILES string of the molecule is CCCCOc1ccc(-c2nn(-c3ccccc3)cc2C=C(C#N)C(=O)OCC)cc1Cl. The number of hydrogen-bond acceptors (Lipinski definition) is 5. The molecule has 0 spiro atoms. The summed E-state index contributed by atoms with van der Waals surface area (Å²) in [4.78, 5) is 12.1. The lowest BCUT2D eigenvalue weighted by molar-refractivity contribution is -0.137. The van der Waals surface area contributed by atoms with Crippen LogP contribution in [-0.2, 0) is 9.53 Å². The van der Waals surface area contributed by atoms with Gasteiger partial charge >= 0.3 is 5.97 Å². The van der Waals surface area contributed by atoms with E-state index in [0.29, 0.717) is 28.6 Å². The molecule has 0 bridgehead atoms. The van der Waals surface area contributed by atoms with Crippen LogP contribution in [0.4, 0.5) is 0 Å². The summed E-state index contributed by atoms with van der Waals surface area (Å²) in [5, 5.41) is 14.6. The molecule has 164 valence electrons. The number of hydrogen-bond donors (Lipinski definition) is 0. The van der Waals surface area contributed by atoms with Crippen LogP contribution in [0.3, 0.4) is 0 Å². The van der Waals surface area contributed by atoms with Gasteiger partial charge in [-0.15, -0.1) is 0 Å². The van der Waals surface area contributed by atoms with Gasteiger partial charge in [-0.25, -0.2) is 9.48 Å². The van der Waals surface area contributed by atoms with Gasteiger partial charge < -0.3 is 9.47 Å². The van der Waals surface area contributed by atoms with Crippen LogP contribution >= 0.6 is 11.6 Å². The van der Waals surface area contributed by atoms with Crippen LogP contribution in [-0.4, -0.2) is 29.0 Å². The molecule has 0 saturated heterocycles. The number of rotatable bonds is 9. The molecule has 0 aliphatic rings. The highest BCUT2D eigenvalue weighted by Gasteiger charge is 2.17. The minimum Gasteiger partial charge on any atom is -0.492 e. The highest BCUT2D eigenvalue weighted by molar-refractivity contribution is 6.32. The van der Waals surface area contributed by atoms with E-state index in [0.717, 1.165) is 24.1 Å². The predicted molar refractivity (Wildman–Crippen MR) is 125 cm³/mol. The molecule has 0 amide bonds. The second kappa shape index (κ2) is 11.2. The standard InChI is InChI=1S/C25H24ClN3O3/c1-3-5-13-32-23-12-11-18(15-22(23)26)24-20(14-19(16-27)25(30)31-4-2)17-29(28-24)21-9-7-6-8-10-21/h6-12,14-15,17H,3-5,13H2,1-2H3. The highest BCUT2D eigenvalue weighted by Crippen LogP contribution is 2.33. The third kappa shape index (κ3) is 5.57. The summed E-state index contributed by atoms with van der Waals surface area (Å²) in [5.41, 5.74) is 2.64. The van der Waals surface area contributed by atoms with Crippen molar-refractivity contribution in [3.05, 3.63) is 70.9 Å². The Labute approximate surface area is 192 Å². The Morgan fingerprint density at radius 2 is 2.00 bits per heavy atom. The first-order chi connectivity index (χ1) is 15.6. The van der Waals surface area contributed by atoms with Crippen LogP contribution in [0.15, 0.2) is 60.3 Å². The van der Waals surface area contributed by atoms with Crippen molar-refractivity contribution in [3.8, 4) is 28.8 Å². The molecule has 3 rings (SSSR count). The molecule has 0 aliphatic heterocycles. The number of para-hydroxylation sites is 1. The van der Waals surface area contributed by atoms with Crippen molar-refractivity contribution in [2.24, 2.45) is 0 Å². The van der Waals surface area contributed by atoms with Crippen LogP contribution in [0, 0.1) is 11.3 Å². The Kier molecular flexibility index (Phi) is 8.07. The Bertz CT molecular complexity index is 1150. The normalized spacial score (nSPS) is 11.1. The maximum Gasteiger partial charge on any atom is 0.348 e. The quantitative estimate of drug-likeness (QED) is 0.177. The van der Waals surface area contributed by atoms with Gasteiger partial charge in [0.1, 0.15) is 23.1 Å². The number of esters is 1. The highest BCUT2D eigenvalue weighted by atomic mass is 35.5. The molecule has 0 fully saturated rings. The lowest BCUT2D eigenvalue weighted by Gasteiger charge is -2.09. The summed E-state index contributed by atoms with van der Waals surface area (Å²) in [6.07, 6.45) is 5.23. The number of benzene rings is 2. The van der Waals surface area contributed by atoms with Crippen molar-refractivity contribution >= 4 is 23.6 Å². The largest absolute Gasteiger partial charge is 0.492 e. The Balaban J connectivity index is 2.06. The van der Waals surface area contributed by atoms with Crippen molar-refractivity contribution < 1.29 is 14.3 Å². The Morgan fingerprint density at radius 3 is 2.66 bits per heavy atom.